The molecule has 144 valence electrons. The van der Waals surface area contributed by atoms with Crippen LogP contribution in [0.3, 0.4) is 0 Å². The van der Waals surface area contributed by atoms with Gasteiger partial charge in [-0.05, 0) is 53.1 Å². The third kappa shape index (κ3) is 3.93. The van der Waals surface area contributed by atoms with Crippen molar-refractivity contribution in [2.45, 2.75) is 37.4 Å². The Bertz CT molecular complexity index is 893. The minimum atomic E-state index is -4.40. The number of amides is 1. The molecule has 7 heteroatoms. The molecule has 1 aliphatic carbocycles. The van der Waals surface area contributed by atoms with Crippen LogP contribution in [0.1, 0.15) is 36.6 Å². The number of ether oxygens (including phenoxy) is 1. The lowest BCUT2D eigenvalue weighted by Crippen LogP contribution is -2.25. The Morgan fingerprint density at radius 2 is 1.89 bits per heavy atom. The first kappa shape index (κ1) is 19.6. The van der Waals surface area contributed by atoms with Crippen LogP contribution >= 0.6 is 11.8 Å². The Labute approximate surface area is 160 Å². The van der Waals surface area contributed by atoms with Crippen molar-refractivity contribution in [2.24, 2.45) is 11.1 Å². The average Bonchev–Trinajstić information content (AvgIpc) is 2.82. The summed E-state index contributed by atoms with van der Waals surface area (Å²) >= 11 is 1.27. The van der Waals surface area contributed by atoms with E-state index in [1.54, 1.807) is 18.4 Å². The Balaban J connectivity index is 2.05. The number of carbonyl (C=O) groups excluding carboxylic acids is 1. The fourth-order valence-corrected chi connectivity index (χ4v) is 4.07. The third-order valence-corrected chi connectivity index (χ3v) is 5.53. The number of primary amides is 1. The van der Waals surface area contributed by atoms with Gasteiger partial charge in [0.1, 0.15) is 6.10 Å². The van der Waals surface area contributed by atoms with Gasteiger partial charge in [-0.3, -0.25) is 0 Å². The number of fused-ring (bicyclic) bond motifs is 1. The van der Waals surface area contributed by atoms with Crippen molar-refractivity contribution in [3.8, 4) is 11.1 Å². The van der Waals surface area contributed by atoms with Crippen LogP contribution in [0.4, 0.5) is 18.0 Å². The summed E-state index contributed by atoms with van der Waals surface area (Å²) in [7, 11) is 0. The largest absolute Gasteiger partial charge is 0.441 e. The molecule has 1 atom stereocenters. The van der Waals surface area contributed by atoms with E-state index in [4.69, 9.17) is 10.5 Å². The van der Waals surface area contributed by atoms with Crippen molar-refractivity contribution in [3.05, 3.63) is 53.1 Å². The van der Waals surface area contributed by atoms with E-state index in [1.165, 1.54) is 17.8 Å². The van der Waals surface area contributed by atoms with Crippen molar-refractivity contribution < 1.29 is 22.7 Å². The molecule has 0 aliphatic heterocycles. The molecule has 27 heavy (non-hydrogen) atoms. The van der Waals surface area contributed by atoms with Crippen LogP contribution in [-0.4, -0.2) is 12.3 Å². The molecule has 0 radical (unpaired) electrons. The van der Waals surface area contributed by atoms with E-state index in [9.17, 15) is 18.0 Å². The summed E-state index contributed by atoms with van der Waals surface area (Å²) < 4.78 is 45.0. The highest BCUT2D eigenvalue weighted by Crippen LogP contribution is 2.48. The van der Waals surface area contributed by atoms with Crippen LogP contribution in [0.25, 0.3) is 11.1 Å². The number of nitrogens with two attached hydrogens (primary N) is 1. The van der Waals surface area contributed by atoms with Gasteiger partial charge in [0.05, 0.1) is 5.56 Å². The Hall–Kier alpha value is -2.15. The quantitative estimate of drug-likeness (QED) is 0.667. The summed E-state index contributed by atoms with van der Waals surface area (Å²) in [6, 6.07) is 9.52. The van der Waals surface area contributed by atoms with Crippen molar-refractivity contribution >= 4 is 17.9 Å². The minimum Gasteiger partial charge on any atom is -0.441 e. The lowest BCUT2D eigenvalue weighted by molar-refractivity contribution is -0.137. The van der Waals surface area contributed by atoms with E-state index in [2.05, 4.69) is 0 Å². The molecular weight excluding hydrogens is 375 g/mol. The molecule has 0 fully saturated rings. The van der Waals surface area contributed by atoms with Gasteiger partial charge in [-0.2, -0.15) is 13.2 Å². The van der Waals surface area contributed by atoms with Gasteiger partial charge in [0, 0.05) is 10.3 Å². The second-order valence-electron chi connectivity index (χ2n) is 7.34. The molecule has 3 rings (SSSR count). The molecule has 3 nitrogen and oxygen atoms in total. The number of rotatable bonds is 3. The zero-order valence-electron chi connectivity index (χ0n) is 15.2. The van der Waals surface area contributed by atoms with Crippen molar-refractivity contribution in [2.75, 3.05) is 6.26 Å². The van der Waals surface area contributed by atoms with Gasteiger partial charge in [-0.1, -0.05) is 32.0 Å². The van der Waals surface area contributed by atoms with Crippen molar-refractivity contribution in [1.29, 1.82) is 0 Å². The zero-order chi connectivity index (χ0) is 20.0. The van der Waals surface area contributed by atoms with Crippen LogP contribution in [0, 0.1) is 5.41 Å². The number of alkyl halides is 3. The van der Waals surface area contributed by atoms with Crippen molar-refractivity contribution in [1.82, 2.24) is 0 Å². The standard InChI is InChI=1S/C20H20F3NO2S/c1-19(2)10-13-6-11(4-5-16(13)17(19)26-18(24)25)12-7-14(20(21,22)23)9-15(8-12)27-3/h4-9,17H,10H2,1-3H3,(H2,24,25). The van der Waals surface area contributed by atoms with E-state index in [0.29, 0.717) is 22.4 Å². The number of hydrogen-bond acceptors (Lipinski definition) is 3. The molecule has 0 aromatic heterocycles. The van der Waals surface area contributed by atoms with Gasteiger partial charge < -0.3 is 10.5 Å². The molecular formula is C20H20F3NO2S. The summed E-state index contributed by atoms with van der Waals surface area (Å²) in [6.45, 7) is 3.94. The van der Waals surface area contributed by atoms with Gasteiger partial charge in [0.25, 0.3) is 0 Å². The van der Waals surface area contributed by atoms with Gasteiger partial charge in [0.15, 0.2) is 0 Å². The Kier molecular flexibility index (Phi) is 4.93. The van der Waals surface area contributed by atoms with Crippen LogP contribution in [0.15, 0.2) is 41.3 Å². The molecule has 0 saturated heterocycles. The predicted octanol–water partition coefficient (Wildman–Crippen LogP) is 5.81. The molecule has 0 spiro atoms. The maximum Gasteiger partial charge on any atom is 0.416 e. The predicted molar refractivity (Wildman–Crippen MR) is 99.6 cm³/mol. The summed E-state index contributed by atoms with van der Waals surface area (Å²) in [5, 5.41) is 0. The zero-order valence-corrected chi connectivity index (χ0v) is 16.0. The number of benzene rings is 2. The average molecular weight is 395 g/mol. The monoisotopic (exact) mass is 395 g/mol. The lowest BCUT2D eigenvalue weighted by atomic mass is 9.87. The minimum absolute atomic E-state index is 0.339. The van der Waals surface area contributed by atoms with Crippen LogP contribution in [0.5, 0.6) is 0 Å². The lowest BCUT2D eigenvalue weighted by Gasteiger charge is -2.26. The third-order valence-electron chi connectivity index (χ3n) is 4.82. The molecule has 1 unspecified atom stereocenters. The number of carbonyl (C=O) groups is 1. The fourth-order valence-electron chi connectivity index (χ4n) is 3.59. The number of halogens is 3. The summed E-state index contributed by atoms with van der Waals surface area (Å²) in [4.78, 5) is 11.8. The molecule has 2 aromatic rings. The highest BCUT2D eigenvalue weighted by Gasteiger charge is 2.41. The summed E-state index contributed by atoms with van der Waals surface area (Å²) in [6.07, 6.45) is -3.33. The van der Waals surface area contributed by atoms with E-state index < -0.39 is 23.9 Å². The highest BCUT2D eigenvalue weighted by molar-refractivity contribution is 7.98. The second-order valence-corrected chi connectivity index (χ2v) is 8.22. The van der Waals surface area contributed by atoms with E-state index in [1.807, 2.05) is 26.0 Å². The highest BCUT2D eigenvalue weighted by atomic mass is 32.2. The van der Waals surface area contributed by atoms with Crippen LogP contribution in [-0.2, 0) is 17.3 Å². The smallest absolute Gasteiger partial charge is 0.416 e. The molecule has 1 amide bonds. The Morgan fingerprint density at radius 1 is 1.19 bits per heavy atom. The molecule has 2 aromatic carbocycles. The number of thioether (sulfide) groups is 1. The maximum atomic E-state index is 13.2. The van der Waals surface area contributed by atoms with Crippen LogP contribution < -0.4 is 5.73 Å². The maximum absolute atomic E-state index is 13.2. The molecule has 2 N–H and O–H groups in total. The molecule has 1 aliphatic rings. The molecule has 0 bridgehead atoms. The van der Waals surface area contributed by atoms with E-state index >= 15 is 0 Å². The van der Waals surface area contributed by atoms with Crippen LogP contribution in [0.2, 0.25) is 0 Å². The van der Waals surface area contributed by atoms with Gasteiger partial charge >= 0.3 is 12.3 Å². The van der Waals surface area contributed by atoms with E-state index in [0.717, 1.165) is 17.2 Å². The van der Waals surface area contributed by atoms with Crippen molar-refractivity contribution in [3.63, 3.8) is 0 Å². The first-order chi connectivity index (χ1) is 12.5. The summed E-state index contributed by atoms with van der Waals surface area (Å²) in [5.74, 6) is 0. The number of hydrogen-bond donors (Lipinski definition) is 1. The second kappa shape index (κ2) is 6.78. The Morgan fingerprint density at radius 3 is 2.48 bits per heavy atom. The van der Waals surface area contributed by atoms with Gasteiger partial charge in [0.2, 0.25) is 0 Å². The SMILES string of the molecule is CSc1cc(-c2ccc3c(c2)CC(C)(C)C3OC(N)=O)cc(C(F)(F)F)c1. The normalized spacial score (nSPS) is 18.2. The van der Waals surface area contributed by atoms with Gasteiger partial charge in [-0.25, -0.2) is 4.79 Å². The first-order valence-electron chi connectivity index (χ1n) is 8.37. The first-order valence-corrected chi connectivity index (χ1v) is 9.59. The molecule has 0 saturated carbocycles. The molecule has 0 heterocycles. The van der Waals surface area contributed by atoms with E-state index in [-0.39, 0.29) is 5.41 Å². The topological polar surface area (TPSA) is 52.3 Å². The summed E-state index contributed by atoms with van der Waals surface area (Å²) in [5.41, 5.74) is 7.19. The fraction of sp³-hybridized carbons (Fsp3) is 0.350. The van der Waals surface area contributed by atoms with Gasteiger partial charge in [-0.15, -0.1) is 11.8 Å².